The van der Waals surface area contributed by atoms with Crippen LogP contribution in [0.4, 0.5) is 0 Å². The van der Waals surface area contributed by atoms with E-state index in [0.717, 1.165) is 11.1 Å². The van der Waals surface area contributed by atoms with E-state index >= 15 is 0 Å². The van der Waals surface area contributed by atoms with Gasteiger partial charge < -0.3 is 0 Å². The summed E-state index contributed by atoms with van der Waals surface area (Å²) in [4.78, 5) is 10.9. The van der Waals surface area contributed by atoms with E-state index < -0.39 is 5.97 Å². The molecular weight excluding hydrogens is 296 g/mol. The minimum absolute atomic E-state index is 0.0350. The molecule has 3 aromatic carbocycles. The quantitative estimate of drug-likeness (QED) is 0.604. The first-order valence-corrected chi connectivity index (χ1v) is 8.13. The standard InChI is InChI=1S/C22H19O2/c23-21(24)16-15-17-9-7-8-14-20(17)22(18-10-3-1-4-11-18)19-12-5-2-6-13-19/h1-14,22H,15-16H2. The predicted octanol–water partition coefficient (Wildman–Crippen LogP) is 4.76. The summed E-state index contributed by atoms with van der Waals surface area (Å²) < 4.78 is 0. The lowest BCUT2D eigenvalue weighted by molar-refractivity contribution is -0.143. The Morgan fingerprint density at radius 3 is 1.75 bits per heavy atom. The van der Waals surface area contributed by atoms with Crippen LogP contribution in [0.1, 0.15) is 34.6 Å². The van der Waals surface area contributed by atoms with Gasteiger partial charge in [-0.15, -0.1) is 0 Å². The summed E-state index contributed by atoms with van der Waals surface area (Å²) in [6.07, 6.45) is 0.516. The van der Waals surface area contributed by atoms with Crippen LogP contribution < -0.4 is 0 Å². The summed E-state index contributed by atoms with van der Waals surface area (Å²) >= 11 is 0. The average Bonchev–Trinajstić information content (AvgIpc) is 2.63. The zero-order valence-corrected chi connectivity index (χ0v) is 13.4. The van der Waals surface area contributed by atoms with Crippen LogP contribution in [0, 0.1) is 0 Å². The number of carbonyl (C=O) groups is 1. The second-order valence-electron chi connectivity index (χ2n) is 5.83. The monoisotopic (exact) mass is 315 g/mol. The molecule has 24 heavy (non-hydrogen) atoms. The zero-order valence-electron chi connectivity index (χ0n) is 13.4. The summed E-state index contributed by atoms with van der Waals surface area (Å²) in [6.45, 7) is 0. The van der Waals surface area contributed by atoms with Crippen molar-refractivity contribution in [3.05, 3.63) is 107 Å². The van der Waals surface area contributed by atoms with Gasteiger partial charge in [-0.3, -0.25) is 0 Å². The molecule has 0 amide bonds. The molecular formula is C22H19O2. The van der Waals surface area contributed by atoms with E-state index in [-0.39, 0.29) is 12.3 Å². The maximum absolute atomic E-state index is 10.9. The number of hydrogen-bond acceptors (Lipinski definition) is 1. The second kappa shape index (κ2) is 7.60. The van der Waals surface area contributed by atoms with Crippen LogP contribution in [-0.2, 0) is 16.3 Å². The Labute approximate surface area is 142 Å². The highest BCUT2D eigenvalue weighted by atomic mass is 16.4. The lowest BCUT2D eigenvalue weighted by Gasteiger charge is -2.21. The minimum Gasteiger partial charge on any atom is -0.247 e. The van der Waals surface area contributed by atoms with E-state index in [9.17, 15) is 9.90 Å². The molecule has 0 fully saturated rings. The third kappa shape index (κ3) is 3.72. The summed E-state index contributed by atoms with van der Waals surface area (Å²) in [5.74, 6) is -0.925. The van der Waals surface area contributed by atoms with Crippen molar-refractivity contribution in [1.29, 1.82) is 0 Å². The van der Waals surface area contributed by atoms with Gasteiger partial charge in [0.25, 0.3) is 0 Å². The van der Waals surface area contributed by atoms with E-state index in [0.29, 0.717) is 6.42 Å². The lowest BCUT2D eigenvalue weighted by Crippen LogP contribution is -2.08. The Bertz CT molecular complexity index is 755. The van der Waals surface area contributed by atoms with Crippen molar-refractivity contribution in [2.24, 2.45) is 0 Å². The first kappa shape index (κ1) is 16.0. The van der Waals surface area contributed by atoms with Crippen LogP contribution >= 0.6 is 0 Å². The van der Waals surface area contributed by atoms with Crippen molar-refractivity contribution >= 4 is 5.97 Å². The highest BCUT2D eigenvalue weighted by Gasteiger charge is 2.19. The van der Waals surface area contributed by atoms with Crippen LogP contribution in [0.5, 0.6) is 0 Å². The van der Waals surface area contributed by atoms with Gasteiger partial charge in [0.1, 0.15) is 0 Å². The van der Waals surface area contributed by atoms with Gasteiger partial charge in [-0.05, 0) is 28.7 Å². The molecule has 3 rings (SSSR count). The zero-order chi connectivity index (χ0) is 16.8. The summed E-state index contributed by atoms with van der Waals surface area (Å²) in [5.41, 5.74) is 4.60. The maximum atomic E-state index is 10.9. The molecule has 0 spiro atoms. The van der Waals surface area contributed by atoms with Crippen LogP contribution in [0.15, 0.2) is 84.9 Å². The number of aryl methyl sites for hydroxylation is 1. The first-order chi connectivity index (χ1) is 11.8. The Balaban J connectivity index is 2.08. The molecule has 119 valence electrons. The van der Waals surface area contributed by atoms with E-state index in [1.54, 1.807) is 0 Å². The molecule has 0 bridgehead atoms. The van der Waals surface area contributed by atoms with Crippen LogP contribution in [-0.4, -0.2) is 5.97 Å². The number of benzene rings is 3. The van der Waals surface area contributed by atoms with Crippen LogP contribution in [0.3, 0.4) is 0 Å². The highest BCUT2D eigenvalue weighted by molar-refractivity contribution is 5.66. The lowest BCUT2D eigenvalue weighted by atomic mass is 9.82. The fourth-order valence-corrected chi connectivity index (χ4v) is 3.12. The molecule has 0 N–H and O–H groups in total. The van der Waals surface area contributed by atoms with E-state index in [2.05, 4.69) is 30.3 Å². The molecule has 2 nitrogen and oxygen atoms in total. The number of carbonyl (C=O) groups excluding carboxylic acids is 1. The molecule has 0 saturated heterocycles. The van der Waals surface area contributed by atoms with Crippen molar-refractivity contribution in [3.63, 3.8) is 0 Å². The largest absolute Gasteiger partial charge is 0.355 e. The molecule has 0 aliphatic heterocycles. The summed E-state index contributed by atoms with van der Waals surface area (Å²) in [7, 11) is 0. The second-order valence-corrected chi connectivity index (χ2v) is 5.83. The molecule has 0 heterocycles. The van der Waals surface area contributed by atoms with Gasteiger partial charge in [0, 0.05) is 5.92 Å². The normalized spacial score (nSPS) is 10.7. The Hall–Kier alpha value is -2.87. The maximum Gasteiger partial charge on any atom is 0.355 e. The fraction of sp³-hybridized carbons (Fsp3) is 0.136. The van der Waals surface area contributed by atoms with Crippen molar-refractivity contribution in [2.75, 3.05) is 0 Å². The van der Waals surface area contributed by atoms with Crippen molar-refractivity contribution in [1.82, 2.24) is 0 Å². The highest BCUT2D eigenvalue weighted by Crippen LogP contribution is 2.34. The van der Waals surface area contributed by atoms with Gasteiger partial charge in [0.2, 0.25) is 0 Å². The molecule has 1 radical (unpaired) electrons. The minimum atomic E-state index is -1.01. The predicted molar refractivity (Wildman–Crippen MR) is 94.3 cm³/mol. The van der Waals surface area contributed by atoms with Crippen LogP contribution in [0.2, 0.25) is 0 Å². The average molecular weight is 315 g/mol. The fourth-order valence-electron chi connectivity index (χ4n) is 3.12. The van der Waals surface area contributed by atoms with Gasteiger partial charge in [0.15, 0.2) is 0 Å². The van der Waals surface area contributed by atoms with E-state index in [4.69, 9.17) is 0 Å². The summed E-state index contributed by atoms with van der Waals surface area (Å²) in [6, 6.07) is 28.7. The van der Waals surface area contributed by atoms with Gasteiger partial charge >= 0.3 is 5.97 Å². The van der Waals surface area contributed by atoms with E-state index in [1.165, 1.54) is 11.1 Å². The molecule has 3 aromatic rings. The van der Waals surface area contributed by atoms with Gasteiger partial charge in [0.05, 0.1) is 6.42 Å². The Morgan fingerprint density at radius 2 is 1.21 bits per heavy atom. The Kier molecular flexibility index (Phi) is 5.07. The van der Waals surface area contributed by atoms with Gasteiger partial charge in [-0.25, -0.2) is 9.90 Å². The third-order valence-corrected chi connectivity index (χ3v) is 4.23. The smallest absolute Gasteiger partial charge is 0.247 e. The first-order valence-electron chi connectivity index (χ1n) is 8.13. The molecule has 0 atom stereocenters. The Morgan fingerprint density at radius 1 is 0.708 bits per heavy atom. The number of hydrogen-bond donors (Lipinski definition) is 0. The topological polar surface area (TPSA) is 37.0 Å². The van der Waals surface area contributed by atoms with Crippen molar-refractivity contribution in [2.45, 2.75) is 18.8 Å². The third-order valence-electron chi connectivity index (χ3n) is 4.23. The summed E-state index contributed by atoms with van der Waals surface area (Å²) in [5, 5.41) is 10.9. The van der Waals surface area contributed by atoms with Gasteiger partial charge in [-0.2, -0.15) is 0 Å². The SMILES string of the molecule is [O]C(=O)CCc1ccccc1C(c1ccccc1)c1ccccc1. The molecule has 2 heteroatoms. The molecule has 0 aliphatic rings. The molecule has 0 aliphatic carbocycles. The van der Waals surface area contributed by atoms with Gasteiger partial charge in [-0.1, -0.05) is 84.9 Å². The molecule has 0 aromatic heterocycles. The van der Waals surface area contributed by atoms with E-state index in [1.807, 2.05) is 54.6 Å². The van der Waals surface area contributed by atoms with Crippen molar-refractivity contribution in [3.8, 4) is 0 Å². The molecule has 0 saturated carbocycles. The van der Waals surface area contributed by atoms with Crippen LogP contribution in [0.25, 0.3) is 0 Å². The molecule has 0 unspecified atom stereocenters. The van der Waals surface area contributed by atoms with Crippen molar-refractivity contribution < 1.29 is 9.90 Å². The number of rotatable bonds is 6.